The van der Waals surface area contributed by atoms with E-state index in [4.69, 9.17) is 5.11 Å². The highest BCUT2D eigenvalue weighted by molar-refractivity contribution is 5.76. The summed E-state index contributed by atoms with van der Waals surface area (Å²) in [5.74, 6) is -0.510. The summed E-state index contributed by atoms with van der Waals surface area (Å²) in [6.07, 6.45) is 3.32. The van der Waals surface area contributed by atoms with Crippen molar-refractivity contribution in [3.63, 3.8) is 0 Å². The Morgan fingerprint density at radius 1 is 0.800 bits per heavy atom. The average molecular weight is 283 g/mol. The molecule has 114 valence electrons. The van der Waals surface area contributed by atoms with Crippen LogP contribution in [0, 0.1) is 0 Å². The van der Waals surface area contributed by atoms with Gasteiger partial charge in [0.15, 0.2) is 0 Å². The number of hydrogen-bond donors (Lipinski definition) is 1. The second-order valence-corrected chi connectivity index (χ2v) is 5.66. The van der Waals surface area contributed by atoms with Crippen molar-refractivity contribution in [2.24, 2.45) is 0 Å². The van der Waals surface area contributed by atoms with Crippen LogP contribution < -0.4 is 0 Å². The summed E-state index contributed by atoms with van der Waals surface area (Å²) in [7, 11) is 0. The van der Waals surface area contributed by atoms with Crippen molar-refractivity contribution in [2.45, 2.75) is 25.7 Å². The van der Waals surface area contributed by atoms with Crippen molar-refractivity contribution in [3.05, 3.63) is 0 Å². The number of nitrogens with zero attached hydrogens (tertiary/aromatic N) is 3. The van der Waals surface area contributed by atoms with E-state index in [1.54, 1.807) is 0 Å². The van der Waals surface area contributed by atoms with Gasteiger partial charge in [-0.2, -0.15) is 0 Å². The van der Waals surface area contributed by atoms with Crippen LogP contribution in [0.25, 0.3) is 0 Å². The molecule has 0 radical (unpaired) electrons. The summed E-state index contributed by atoms with van der Waals surface area (Å²) in [5, 5.41) is 8.66. The zero-order valence-corrected chi connectivity index (χ0v) is 12.1. The number of amides is 1. The number of carbonyl (C=O) groups is 2. The van der Waals surface area contributed by atoms with Crippen LogP contribution in [0.4, 0.5) is 0 Å². The molecule has 0 spiro atoms. The monoisotopic (exact) mass is 283 g/mol. The molecule has 0 aromatic heterocycles. The van der Waals surface area contributed by atoms with Crippen LogP contribution >= 0.6 is 0 Å². The third-order valence-corrected chi connectivity index (χ3v) is 4.21. The van der Waals surface area contributed by atoms with Gasteiger partial charge >= 0.3 is 5.97 Å². The molecule has 0 atom stereocenters. The van der Waals surface area contributed by atoms with Gasteiger partial charge < -0.3 is 14.9 Å². The number of piperazine rings is 1. The maximum absolute atomic E-state index is 12.1. The number of carboxylic acids is 1. The van der Waals surface area contributed by atoms with Crippen LogP contribution in [-0.4, -0.2) is 84.0 Å². The molecule has 0 bridgehead atoms. The van der Waals surface area contributed by atoms with Gasteiger partial charge in [-0.25, -0.2) is 0 Å². The minimum absolute atomic E-state index is 0.183. The summed E-state index contributed by atoms with van der Waals surface area (Å²) in [6, 6.07) is 0. The average Bonchev–Trinajstić information content (AvgIpc) is 2.96. The lowest BCUT2D eigenvalue weighted by Gasteiger charge is -2.34. The summed E-state index contributed by atoms with van der Waals surface area (Å²) >= 11 is 0. The fourth-order valence-electron chi connectivity index (χ4n) is 2.89. The van der Waals surface area contributed by atoms with Crippen LogP contribution in [0.15, 0.2) is 0 Å². The molecule has 1 N–H and O–H groups in total. The highest BCUT2D eigenvalue weighted by atomic mass is 16.4. The van der Waals surface area contributed by atoms with Gasteiger partial charge in [-0.15, -0.1) is 0 Å². The van der Waals surface area contributed by atoms with Crippen LogP contribution in [0.2, 0.25) is 0 Å². The molecule has 2 aliphatic heterocycles. The number of carbonyl (C=O) groups excluding carboxylic acids is 1. The smallest absolute Gasteiger partial charge is 0.304 e. The molecule has 6 heteroatoms. The Morgan fingerprint density at radius 2 is 1.35 bits per heavy atom. The predicted octanol–water partition coefficient (Wildman–Crippen LogP) is 0.0912. The molecule has 1 amide bonds. The second kappa shape index (κ2) is 7.59. The first-order valence-electron chi connectivity index (χ1n) is 7.59. The van der Waals surface area contributed by atoms with Gasteiger partial charge in [0.1, 0.15) is 0 Å². The Bertz CT molecular complexity index is 335. The van der Waals surface area contributed by atoms with Gasteiger partial charge in [0.25, 0.3) is 0 Å². The van der Waals surface area contributed by atoms with Crippen molar-refractivity contribution < 1.29 is 14.7 Å². The number of likely N-dealkylation sites (tertiary alicyclic amines) is 1. The lowest BCUT2D eigenvalue weighted by Crippen LogP contribution is -2.49. The third kappa shape index (κ3) is 4.76. The van der Waals surface area contributed by atoms with E-state index < -0.39 is 5.97 Å². The Morgan fingerprint density at radius 3 is 1.95 bits per heavy atom. The molecule has 6 nitrogen and oxygen atoms in total. The molecule has 2 aliphatic rings. The molecule has 2 fully saturated rings. The van der Waals surface area contributed by atoms with Crippen molar-refractivity contribution >= 4 is 11.9 Å². The number of aliphatic carboxylic acids is 1. The van der Waals surface area contributed by atoms with Crippen LogP contribution in [0.1, 0.15) is 25.7 Å². The molecular weight excluding hydrogens is 258 g/mol. The quantitative estimate of drug-likeness (QED) is 0.748. The van der Waals surface area contributed by atoms with E-state index in [-0.39, 0.29) is 12.3 Å². The zero-order chi connectivity index (χ0) is 14.4. The molecule has 2 rings (SSSR count). The highest BCUT2D eigenvalue weighted by Gasteiger charge is 2.22. The molecule has 0 aliphatic carbocycles. The molecule has 0 aromatic carbocycles. The second-order valence-electron chi connectivity index (χ2n) is 5.66. The zero-order valence-electron chi connectivity index (χ0n) is 12.1. The van der Waals surface area contributed by atoms with Crippen molar-refractivity contribution in [1.29, 1.82) is 0 Å². The van der Waals surface area contributed by atoms with Gasteiger partial charge in [0, 0.05) is 45.7 Å². The SMILES string of the molecule is O=C(O)CCN1CCN(C(=O)CCN2CCCC2)CC1. The van der Waals surface area contributed by atoms with Crippen LogP contribution in [0.5, 0.6) is 0 Å². The summed E-state index contributed by atoms with van der Waals surface area (Å²) in [5.41, 5.74) is 0. The molecular formula is C14H25N3O3. The number of hydrogen-bond acceptors (Lipinski definition) is 4. The maximum atomic E-state index is 12.1. The molecule has 0 saturated carbocycles. The van der Waals surface area contributed by atoms with Gasteiger partial charge in [-0.05, 0) is 25.9 Å². The van der Waals surface area contributed by atoms with E-state index in [0.29, 0.717) is 13.0 Å². The van der Waals surface area contributed by atoms with Gasteiger partial charge in [-0.3, -0.25) is 14.5 Å². The van der Waals surface area contributed by atoms with E-state index in [1.165, 1.54) is 12.8 Å². The molecule has 0 unspecified atom stereocenters. The number of rotatable bonds is 6. The first-order valence-corrected chi connectivity index (χ1v) is 7.59. The van der Waals surface area contributed by atoms with E-state index in [0.717, 1.165) is 45.8 Å². The lowest BCUT2D eigenvalue weighted by atomic mass is 10.2. The Balaban J connectivity index is 1.62. The van der Waals surface area contributed by atoms with E-state index >= 15 is 0 Å². The van der Waals surface area contributed by atoms with Crippen molar-refractivity contribution in [1.82, 2.24) is 14.7 Å². The Kier molecular flexibility index (Phi) is 5.79. The molecule has 20 heavy (non-hydrogen) atoms. The van der Waals surface area contributed by atoms with Crippen molar-refractivity contribution in [2.75, 3.05) is 52.4 Å². The molecule has 0 aromatic rings. The van der Waals surface area contributed by atoms with E-state index in [1.807, 2.05) is 4.90 Å². The maximum Gasteiger partial charge on any atom is 0.304 e. The van der Waals surface area contributed by atoms with Crippen LogP contribution in [-0.2, 0) is 9.59 Å². The summed E-state index contributed by atoms with van der Waals surface area (Å²) < 4.78 is 0. The Hall–Kier alpha value is -1.14. The van der Waals surface area contributed by atoms with Crippen LogP contribution in [0.3, 0.4) is 0 Å². The highest BCUT2D eigenvalue weighted by Crippen LogP contribution is 2.09. The number of carboxylic acid groups (broad SMARTS) is 1. The predicted molar refractivity (Wildman–Crippen MR) is 75.6 cm³/mol. The minimum atomic E-state index is -0.755. The van der Waals surface area contributed by atoms with E-state index in [9.17, 15) is 9.59 Å². The minimum Gasteiger partial charge on any atom is -0.481 e. The Labute approximate surface area is 120 Å². The summed E-state index contributed by atoms with van der Waals surface area (Å²) in [6.45, 7) is 6.80. The first-order chi connectivity index (χ1) is 9.65. The van der Waals surface area contributed by atoms with Crippen molar-refractivity contribution in [3.8, 4) is 0 Å². The van der Waals surface area contributed by atoms with Gasteiger partial charge in [0.05, 0.1) is 6.42 Å². The fourth-order valence-corrected chi connectivity index (χ4v) is 2.89. The standard InChI is InChI=1S/C14H25N3O3/c18-13(3-7-15-5-1-2-6-15)17-11-9-16(10-12-17)8-4-14(19)20/h1-12H2,(H,19,20). The van der Waals surface area contributed by atoms with E-state index in [2.05, 4.69) is 9.80 Å². The fraction of sp³-hybridized carbons (Fsp3) is 0.857. The first kappa shape index (κ1) is 15.3. The topological polar surface area (TPSA) is 64.1 Å². The lowest BCUT2D eigenvalue weighted by molar-refractivity contribution is -0.138. The normalized spacial score (nSPS) is 21.3. The molecule has 2 heterocycles. The third-order valence-electron chi connectivity index (χ3n) is 4.21. The summed E-state index contributed by atoms with van der Waals surface area (Å²) in [4.78, 5) is 29.1. The largest absolute Gasteiger partial charge is 0.481 e. The molecule has 2 saturated heterocycles. The van der Waals surface area contributed by atoms with Gasteiger partial charge in [-0.1, -0.05) is 0 Å². The van der Waals surface area contributed by atoms with Gasteiger partial charge in [0.2, 0.25) is 5.91 Å².